The monoisotopic (exact) mass is 348 g/mol. The van der Waals surface area contributed by atoms with Gasteiger partial charge in [0.15, 0.2) is 11.5 Å². The van der Waals surface area contributed by atoms with Crippen molar-refractivity contribution in [2.75, 3.05) is 20.8 Å². The molecule has 0 aromatic heterocycles. The van der Waals surface area contributed by atoms with Gasteiger partial charge in [0, 0.05) is 18.1 Å². The number of hydrogen-bond donors (Lipinski definition) is 2. The fourth-order valence-corrected chi connectivity index (χ4v) is 2.41. The van der Waals surface area contributed by atoms with Gasteiger partial charge in [-0.15, -0.1) is 0 Å². The maximum atomic E-state index is 11.9. The van der Waals surface area contributed by atoms with Gasteiger partial charge < -0.3 is 20.1 Å². The highest BCUT2D eigenvalue weighted by molar-refractivity contribution is 6.31. The Labute approximate surface area is 146 Å². The molecule has 0 aliphatic heterocycles. The summed E-state index contributed by atoms with van der Waals surface area (Å²) in [6.45, 7) is 1.19. The maximum Gasteiger partial charge on any atom is 0.234 e. The number of benzene rings is 2. The van der Waals surface area contributed by atoms with Gasteiger partial charge in [-0.25, -0.2) is 0 Å². The van der Waals surface area contributed by atoms with Crippen LogP contribution in [0.1, 0.15) is 11.1 Å². The van der Waals surface area contributed by atoms with Gasteiger partial charge in [0.2, 0.25) is 5.91 Å². The Kier molecular flexibility index (Phi) is 6.90. The lowest BCUT2D eigenvalue weighted by Gasteiger charge is -2.11. The van der Waals surface area contributed by atoms with Gasteiger partial charge >= 0.3 is 0 Å². The Bertz CT molecular complexity index is 692. The molecule has 0 bridgehead atoms. The number of nitrogens with one attached hydrogen (secondary N) is 2. The molecule has 0 heterocycles. The van der Waals surface area contributed by atoms with Crippen molar-refractivity contribution in [2.45, 2.75) is 13.1 Å². The van der Waals surface area contributed by atoms with E-state index in [1.165, 1.54) is 0 Å². The quantitative estimate of drug-likeness (QED) is 0.770. The number of carbonyl (C=O) groups is 1. The second-order valence-corrected chi connectivity index (χ2v) is 5.57. The van der Waals surface area contributed by atoms with Crippen LogP contribution in [0.2, 0.25) is 5.02 Å². The maximum absolute atomic E-state index is 11.9. The Morgan fingerprint density at radius 3 is 2.50 bits per heavy atom. The fraction of sp³-hybridized carbons (Fsp3) is 0.278. The van der Waals surface area contributed by atoms with Crippen LogP contribution in [0.25, 0.3) is 0 Å². The molecule has 0 unspecified atom stereocenters. The Morgan fingerprint density at radius 1 is 1.04 bits per heavy atom. The van der Waals surface area contributed by atoms with Gasteiger partial charge in [-0.1, -0.05) is 35.9 Å². The molecule has 2 N–H and O–H groups in total. The van der Waals surface area contributed by atoms with Crippen molar-refractivity contribution < 1.29 is 14.3 Å². The minimum atomic E-state index is -0.0876. The van der Waals surface area contributed by atoms with Gasteiger partial charge in [0.25, 0.3) is 0 Å². The summed E-state index contributed by atoms with van der Waals surface area (Å²) in [6, 6.07) is 13.1. The van der Waals surface area contributed by atoms with E-state index in [1.807, 2.05) is 36.4 Å². The highest BCUT2D eigenvalue weighted by Gasteiger charge is 2.06. The molecule has 2 aromatic carbocycles. The summed E-state index contributed by atoms with van der Waals surface area (Å²) < 4.78 is 10.5. The zero-order valence-corrected chi connectivity index (χ0v) is 14.5. The van der Waals surface area contributed by atoms with Crippen molar-refractivity contribution in [3.05, 3.63) is 58.6 Å². The average Bonchev–Trinajstić information content (AvgIpc) is 2.61. The number of methoxy groups -OCH3 is 2. The third-order valence-corrected chi connectivity index (χ3v) is 3.87. The van der Waals surface area contributed by atoms with E-state index in [-0.39, 0.29) is 12.5 Å². The van der Waals surface area contributed by atoms with Crippen LogP contribution in [0.15, 0.2) is 42.5 Å². The molecule has 0 saturated heterocycles. The predicted molar refractivity (Wildman–Crippen MR) is 94.6 cm³/mol. The second kappa shape index (κ2) is 9.15. The van der Waals surface area contributed by atoms with Crippen LogP contribution in [0.5, 0.6) is 11.5 Å². The van der Waals surface area contributed by atoms with Crippen molar-refractivity contribution in [3.8, 4) is 11.5 Å². The number of halogens is 1. The summed E-state index contributed by atoms with van der Waals surface area (Å²) in [5.41, 5.74) is 1.90. The average molecular weight is 349 g/mol. The van der Waals surface area contributed by atoms with E-state index in [2.05, 4.69) is 10.6 Å². The number of rotatable bonds is 8. The van der Waals surface area contributed by atoms with Crippen LogP contribution in [-0.4, -0.2) is 26.7 Å². The molecule has 6 heteroatoms. The van der Waals surface area contributed by atoms with Crippen molar-refractivity contribution in [1.29, 1.82) is 0 Å². The predicted octanol–water partition coefficient (Wildman–Crippen LogP) is 2.76. The van der Waals surface area contributed by atoms with Crippen molar-refractivity contribution >= 4 is 17.5 Å². The standard InChI is InChI=1S/C18H21ClN2O3/c1-23-16-8-7-13(9-17(16)24-2)10-20-12-18(22)21-11-14-5-3-4-6-15(14)19/h3-9,20H,10-12H2,1-2H3,(H,21,22). The van der Waals surface area contributed by atoms with Gasteiger partial charge in [-0.2, -0.15) is 0 Å². The molecule has 2 aromatic rings. The van der Waals surface area contributed by atoms with Crippen LogP contribution in [-0.2, 0) is 17.9 Å². The lowest BCUT2D eigenvalue weighted by atomic mass is 10.2. The summed E-state index contributed by atoms with van der Waals surface area (Å²) in [5.74, 6) is 1.26. The Hall–Kier alpha value is -2.24. The van der Waals surface area contributed by atoms with E-state index < -0.39 is 0 Å². The van der Waals surface area contributed by atoms with E-state index in [0.29, 0.717) is 29.6 Å². The molecule has 128 valence electrons. The Morgan fingerprint density at radius 2 is 1.79 bits per heavy atom. The highest BCUT2D eigenvalue weighted by Crippen LogP contribution is 2.27. The van der Waals surface area contributed by atoms with Crippen LogP contribution in [0.4, 0.5) is 0 Å². The molecule has 0 aliphatic rings. The number of ether oxygens (including phenoxy) is 2. The number of amides is 1. The Balaban J connectivity index is 1.77. The smallest absolute Gasteiger partial charge is 0.234 e. The van der Waals surface area contributed by atoms with E-state index in [9.17, 15) is 4.79 Å². The third-order valence-electron chi connectivity index (χ3n) is 3.50. The molecule has 0 saturated carbocycles. The van der Waals surface area contributed by atoms with Crippen LogP contribution in [0, 0.1) is 0 Å². The minimum absolute atomic E-state index is 0.0876. The van der Waals surface area contributed by atoms with Gasteiger partial charge in [0.05, 0.1) is 20.8 Å². The summed E-state index contributed by atoms with van der Waals surface area (Å²) in [6.07, 6.45) is 0. The molecule has 24 heavy (non-hydrogen) atoms. The molecule has 0 radical (unpaired) electrons. The zero-order chi connectivity index (χ0) is 17.4. The first-order valence-electron chi connectivity index (χ1n) is 7.55. The molecule has 0 atom stereocenters. The first-order valence-corrected chi connectivity index (χ1v) is 7.93. The third kappa shape index (κ3) is 5.15. The molecular weight excluding hydrogens is 328 g/mol. The summed E-state index contributed by atoms with van der Waals surface area (Å²) in [4.78, 5) is 11.9. The fourth-order valence-electron chi connectivity index (χ4n) is 2.21. The lowest BCUT2D eigenvalue weighted by Crippen LogP contribution is -2.33. The largest absolute Gasteiger partial charge is 0.493 e. The topological polar surface area (TPSA) is 59.6 Å². The molecular formula is C18H21ClN2O3. The molecule has 2 rings (SSSR count). The summed E-state index contributed by atoms with van der Waals surface area (Å²) in [7, 11) is 3.19. The SMILES string of the molecule is COc1ccc(CNCC(=O)NCc2ccccc2Cl)cc1OC. The molecule has 0 aliphatic carbocycles. The lowest BCUT2D eigenvalue weighted by molar-refractivity contribution is -0.120. The first kappa shape index (κ1) is 18.1. The van der Waals surface area contributed by atoms with Crippen LogP contribution >= 0.6 is 11.6 Å². The minimum Gasteiger partial charge on any atom is -0.493 e. The molecule has 5 nitrogen and oxygen atoms in total. The molecule has 0 spiro atoms. The van der Waals surface area contributed by atoms with Gasteiger partial charge in [-0.3, -0.25) is 4.79 Å². The molecule has 0 fully saturated rings. The van der Waals surface area contributed by atoms with Crippen molar-refractivity contribution in [2.24, 2.45) is 0 Å². The van der Waals surface area contributed by atoms with E-state index in [1.54, 1.807) is 20.3 Å². The number of hydrogen-bond acceptors (Lipinski definition) is 4. The van der Waals surface area contributed by atoms with Gasteiger partial charge in [0.1, 0.15) is 0 Å². The zero-order valence-electron chi connectivity index (χ0n) is 13.8. The van der Waals surface area contributed by atoms with Gasteiger partial charge in [-0.05, 0) is 29.3 Å². The molecule has 1 amide bonds. The number of carbonyl (C=O) groups excluding carboxylic acids is 1. The van der Waals surface area contributed by atoms with E-state index in [4.69, 9.17) is 21.1 Å². The van der Waals surface area contributed by atoms with Crippen molar-refractivity contribution in [3.63, 3.8) is 0 Å². The van der Waals surface area contributed by atoms with Crippen LogP contribution in [0.3, 0.4) is 0 Å². The first-order chi connectivity index (χ1) is 11.6. The second-order valence-electron chi connectivity index (χ2n) is 5.16. The van der Waals surface area contributed by atoms with Crippen molar-refractivity contribution in [1.82, 2.24) is 10.6 Å². The normalized spacial score (nSPS) is 10.3. The highest BCUT2D eigenvalue weighted by atomic mass is 35.5. The summed E-state index contributed by atoms with van der Waals surface area (Å²) >= 11 is 6.06. The summed E-state index contributed by atoms with van der Waals surface area (Å²) in [5, 5.41) is 6.59. The van der Waals surface area contributed by atoms with Crippen LogP contribution < -0.4 is 20.1 Å². The van der Waals surface area contributed by atoms with E-state index in [0.717, 1.165) is 11.1 Å². The van der Waals surface area contributed by atoms with E-state index >= 15 is 0 Å².